The van der Waals surface area contributed by atoms with Crippen LogP contribution in [0.25, 0.3) is 0 Å². The van der Waals surface area contributed by atoms with Crippen molar-refractivity contribution < 1.29 is 9.53 Å². The van der Waals surface area contributed by atoms with Crippen molar-refractivity contribution in [3.8, 4) is 11.8 Å². The zero-order valence-electron chi connectivity index (χ0n) is 10.9. The van der Waals surface area contributed by atoms with E-state index in [1.807, 2.05) is 43.3 Å². The first-order valence-electron chi connectivity index (χ1n) is 5.75. The molecule has 0 radical (unpaired) electrons. The molecule has 0 aromatic heterocycles. The van der Waals surface area contributed by atoms with Crippen molar-refractivity contribution in [2.45, 2.75) is 6.92 Å². The number of esters is 1. The molecule has 0 bridgehead atoms. The lowest BCUT2D eigenvalue weighted by Crippen LogP contribution is -2.07. The Hall–Kier alpha value is -2.21. The van der Waals surface area contributed by atoms with Crippen LogP contribution in [0.15, 0.2) is 36.4 Å². The standard InChI is InChI=1S/C15H17NO2/c1-4-18-15(17)8-6-5-7-13-9-11-14(12-10-13)16(2)3/h6,8-12H,4H2,1-3H3/b8-6-. The van der Waals surface area contributed by atoms with E-state index < -0.39 is 0 Å². The maximum Gasteiger partial charge on any atom is 0.331 e. The number of anilines is 1. The summed E-state index contributed by atoms with van der Waals surface area (Å²) >= 11 is 0. The van der Waals surface area contributed by atoms with Gasteiger partial charge in [0, 0.05) is 31.4 Å². The van der Waals surface area contributed by atoms with Crippen LogP contribution in [0.1, 0.15) is 12.5 Å². The quantitative estimate of drug-likeness (QED) is 0.463. The lowest BCUT2D eigenvalue weighted by Gasteiger charge is -2.11. The molecule has 0 saturated heterocycles. The summed E-state index contributed by atoms with van der Waals surface area (Å²) in [4.78, 5) is 13.0. The van der Waals surface area contributed by atoms with Gasteiger partial charge in [-0.3, -0.25) is 0 Å². The smallest absolute Gasteiger partial charge is 0.331 e. The Morgan fingerprint density at radius 1 is 1.33 bits per heavy atom. The third-order valence-corrected chi connectivity index (χ3v) is 2.19. The Morgan fingerprint density at radius 3 is 2.56 bits per heavy atom. The molecule has 0 atom stereocenters. The summed E-state index contributed by atoms with van der Waals surface area (Å²) < 4.78 is 4.74. The summed E-state index contributed by atoms with van der Waals surface area (Å²) in [6, 6.07) is 7.89. The number of allylic oxidation sites excluding steroid dienone is 1. The lowest BCUT2D eigenvalue weighted by molar-refractivity contribution is -0.137. The summed E-state index contributed by atoms with van der Waals surface area (Å²) in [6.45, 7) is 2.15. The molecule has 0 amide bonds. The Labute approximate surface area is 108 Å². The van der Waals surface area contributed by atoms with Crippen LogP contribution in [0.3, 0.4) is 0 Å². The summed E-state index contributed by atoms with van der Waals surface area (Å²) in [7, 11) is 3.98. The van der Waals surface area contributed by atoms with E-state index in [9.17, 15) is 4.79 Å². The molecule has 0 fully saturated rings. The molecule has 0 saturated carbocycles. The highest BCUT2D eigenvalue weighted by Gasteiger charge is 1.93. The number of ether oxygens (including phenoxy) is 1. The van der Waals surface area contributed by atoms with Gasteiger partial charge in [-0.25, -0.2) is 4.79 Å². The molecule has 0 N–H and O–H groups in total. The molecule has 94 valence electrons. The molecular weight excluding hydrogens is 226 g/mol. The molecule has 1 aromatic rings. The molecule has 1 rings (SSSR count). The van der Waals surface area contributed by atoms with Gasteiger partial charge in [0.05, 0.1) is 6.61 Å². The van der Waals surface area contributed by atoms with Gasteiger partial charge in [-0.2, -0.15) is 0 Å². The van der Waals surface area contributed by atoms with Gasteiger partial charge in [-0.15, -0.1) is 0 Å². The predicted octanol–water partition coefficient (Wildman–Crippen LogP) is 2.22. The van der Waals surface area contributed by atoms with Crippen LogP contribution in [0.2, 0.25) is 0 Å². The van der Waals surface area contributed by atoms with Crippen LogP contribution in [0.5, 0.6) is 0 Å². The molecular formula is C15H17NO2. The van der Waals surface area contributed by atoms with Crippen molar-refractivity contribution in [2.24, 2.45) is 0 Å². The van der Waals surface area contributed by atoms with E-state index in [-0.39, 0.29) is 5.97 Å². The van der Waals surface area contributed by atoms with Crippen molar-refractivity contribution >= 4 is 11.7 Å². The van der Waals surface area contributed by atoms with Crippen LogP contribution in [-0.4, -0.2) is 26.7 Å². The van der Waals surface area contributed by atoms with Crippen molar-refractivity contribution in [1.29, 1.82) is 0 Å². The van der Waals surface area contributed by atoms with Crippen LogP contribution in [0, 0.1) is 11.8 Å². The number of nitrogens with zero attached hydrogens (tertiary/aromatic N) is 1. The minimum absolute atomic E-state index is 0.366. The molecule has 18 heavy (non-hydrogen) atoms. The van der Waals surface area contributed by atoms with Crippen LogP contribution in [-0.2, 0) is 9.53 Å². The number of rotatable bonds is 3. The van der Waals surface area contributed by atoms with Gasteiger partial charge in [0.2, 0.25) is 0 Å². The Balaban J connectivity index is 2.60. The van der Waals surface area contributed by atoms with E-state index in [0.717, 1.165) is 11.3 Å². The molecule has 0 aliphatic carbocycles. The third-order valence-electron chi connectivity index (χ3n) is 2.19. The van der Waals surface area contributed by atoms with Crippen molar-refractivity contribution in [1.82, 2.24) is 0 Å². The summed E-state index contributed by atoms with van der Waals surface area (Å²) in [5.74, 6) is 5.37. The first kappa shape index (κ1) is 13.9. The zero-order chi connectivity index (χ0) is 13.4. The average molecular weight is 243 g/mol. The monoisotopic (exact) mass is 243 g/mol. The molecule has 0 unspecified atom stereocenters. The third kappa shape index (κ3) is 4.75. The summed E-state index contributed by atoms with van der Waals surface area (Å²) in [5, 5.41) is 0. The van der Waals surface area contributed by atoms with E-state index >= 15 is 0 Å². The second-order valence-electron chi connectivity index (χ2n) is 3.80. The van der Waals surface area contributed by atoms with E-state index in [2.05, 4.69) is 11.8 Å². The molecule has 3 heteroatoms. The van der Waals surface area contributed by atoms with Gasteiger partial charge in [0.25, 0.3) is 0 Å². The minimum Gasteiger partial charge on any atom is -0.463 e. The summed E-state index contributed by atoms with van der Waals surface area (Å²) in [5.41, 5.74) is 2.04. The second kappa shape index (κ2) is 7.18. The number of hydrogen-bond acceptors (Lipinski definition) is 3. The van der Waals surface area contributed by atoms with Gasteiger partial charge in [0.1, 0.15) is 0 Å². The first-order chi connectivity index (χ1) is 8.63. The first-order valence-corrected chi connectivity index (χ1v) is 5.75. The molecule has 0 aliphatic rings. The van der Waals surface area contributed by atoms with Crippen LogP contribution in [0.4, 0.5) is 5.69 Å². The Bertz CT molecular complexity index is 475. The van der Waals surface area contributed by atoms with E-state index in [1.54, 1.807) is 6.92 Å². The highest BCUT2D eigenvalue weighted by molar-refractivity contribution is 5.82. The Morgan fingerprint density at radius 2 is 2.00 bits per heavy atom. The largest absolute Gasteiger partial charge is 0.463 e. The van der Waals surface area contributed by atoms with Crippen molar-refractivity contribution in [2.75, 3.05) is 25.6 Å². The van der Waals surface area contributed by atoms with Crippen molar-refractivity contribution in [3.63, 3.8) is 0 Å². The number of carbonyl (C=O) groups is 1. The second-order valence-corrected chi connectivity index (χ2v) is 3.80. The SMILES string of the molecule is CCOC(=O)/C=C\C#Cc1ccc(N(C)C)cc1. The molecule has 0 heterocycles. The highest BCUT2D eigenvalue weighted by atomic mass is 16.5. The molecule has 3 nitrogen and oxygen atoms in total. The zero-order valence-corrected chi connectivity index (χ0v) is 10.9. The normalized spacial score (nSPS) is 9.72. The average Bonchev–Trinajstić information content (AvgIpc) is 2.35. The fourth-order valence-corrected chi connectivity index (χ4v) is 1.27. The van der Waals surface area contributed by atoms with Gasteiger partial charge < -0.3 is 9.64 Å². The van der Waals surface area contributed by atoms with Gasteiger partial charge >= 0.3 is 5.97 Å². The van der Waals surface area contributed by atoms with Crippen LogP contribution >= 0.6 is 0 Å². The number of hydrogen-bond donors (Lipinski definition) is 0. The van der Waals surface area contributed by atoms with Crippen molar-refractivity contribution in [3.05, 3.63) is 42.0 Å². The van der Waals surface area contributed by atoms with Gasteiger partial charge in [0.15, 0.2) is 0 Å². The van der Waals surface area contributed by atoms with E-state index in [0.29, 0.717) is 6.61 Å². The molecule has 0 aliphatic heterocycles. The molecule has 1 aromatic carbocycles. The predicted molar refractivity (Wildman–Crippen MR) is 73.4 cm³/mol. The Kier molecular flexibility index (Phi) is 5.53. The van der Waals surface area contributed by atoms with Gasteiger partial charge in [-0.05, 0) is 37.3 Å². The fraction of sp³-hybridized carbons (Fsp3) is 0.267. The van der Waals surface area contributed by atoms with E-state index in [1.165, 1.54) is 12.2 Å². The number of benzene rings is 1. The van der Waals surface area contributed by atoms with Gasteiger partial charge in [-0.1, -0.05) is 11.8 Å². The lowest BCUT2D eigenvalue weighted by atomic mass is 10.2. The van der Waals surface area contributed by atoms with Crippen LogP contribution < -0.4 is 4.90 Å². The van der Waals surface area contributed by atoms with E-state index in [4.69, 9.17) is 4.74 Å². The number of carbonyl (C=O) groups excluding carboxylic acids is 1. The molecule has 0 spiro atoms. The fourth-order valence-electron chi connectivity index (χ4n) is 1.27. The maximum absolute atomic E-state index is 11.0. The highest BCUT2D eigenvalue weighted by Crippen LogP contribution is 2.11. The summed E-state index contributed by atoms with van der Waals surface area (Å²) in [6.07, 6.45) is 2.82. The topological polar surface area (TPSA) is 29.5 Å². The minimum atomic E-state index is -0.366. The maximum atomic E-state index is 11.0.